The number of fused-ring (bicyclic) bond motifs is 1. The van der Waals surface area contributed by atoms with Gasteiger partial charge in [0.15, 0.2) is 5.65 Å². The van der Waals surface area contributed by atoms with Gasteiger partial charge in [-0.2, -0.15) is 10.1 Å². The number of methoxy groups -OCH3 is 2. The normalized spacial score (nSPS) is 11.0. The highest BCUT2D eigenvalue weighted by Crippen LogP contribution is 2.31. The number of ether oxygens (including phenoxy) is 2. The standard InChI is InChI=1S/C19H20FN3O3/c1-11-15(8-9-16(24)25-3)19(26-4)21-18-17(11)12(2)22-23(18)14-7-5-6-13(20)10-14/h5-7,10H,8-9H2,1-4H3. The molecule has 0 N–H and O–H groups in total. The zero-order valence-corrected chi connectivity index (χ0v) is 15.2. The second-order valence-electron chi connectivity index (χ2n) is 5.98. The molecule has 2 heterocycles. The summed E-state index contributed by atoms with van der Waals surface area (Å²) < 4.78 is 25.4. The van der Waals surface area contributed by atoms with Crippen LogP contribution in [0.15, 0.2) is 24.3 Å². The van der Waals surface area contributed by atoms with Gasteiger partial charge in [-0.25, -0.2) is 9.07 Å². The van der Waals surface area contributed by atoms with E-state index in [-0.39, 0.29) is 18.2 Å². The van der Waals surface area contributed by atoms with Gasteiger partial charge in [-0.3, -0.25) is 4.79 Å². The van der Waals surface area contributed by atoms with Gasteiger partial charge < -0.3 is 9.47 Å². The van der Waals surface area contributed by atoms with Crippen LogP contribution in [0.4, 0.5) is 4.39 Å². The zero-order valence-electron chi connectivity index (χ0n) is 15.2. The average molecular weight is 357 g/mol. The Hall–Kier alpha value is -2.96. The summed E-state index contributed by atoms with van der Waals surface area (Å²) in [5.74, 6) is -0.211. The molecule has 2 aromatic heterocycles. The maximum Gasteiger partial charge on any atom is 0.305 e. The van der Waals surface area contributed by atoms with Crippen LogP contribution in [0.2, 0.25) is 0 Å². The van der Waals surface area contributed by atoms with Crippen molar-refractivity contribution in [2.45, 2.75) is 26.7 Å². The fourth-order valence-electron chi connectivity index (χ4n) is 3.11. The maximum absolute atomic E-state index is 13.6. The molecule has 0 aliphatic heterocycles. The van der Waals surface area contributed by atoms with E-state index in [4.69, 9.17) is 9.47 Å². The van der Waals surface area contributed by atoms with Crippen LogP contribution in [0, 0.1) is 19.7 Å². The molecule has 0 aliphatic carbocycles. The van der Waals surface area contributed by atoms with Gasteiger partial charge in [0.05, 0.1) is 25.6 Å². The van der Waals surface area contributed by atoms with Crippen LogP contribution in [0.5, 0.6) is 5.88 Å². The first-order valence-electron chi connectivity index (χ1n) is 8.21. The fraction of sp³-hybridized carbons (Fsp3) is 0.316. The predicted octanol–water partition coefficient (Wildman–Crippen LogP) is 3.29. The number of hydrogen-bond acceptors (Lipinski definition) is 5. The number of halogens is 1. The molecule has 0 saturated heterocycles. The minimum atomic E-state index is -0.345. The monoisotopic (exact) mass is 357 g/mol. The van der Waals surface area contributed by atoms with Crippen molar-refractivity contribution in [2.75, 3.05) is 14.2 Å². The topological polar surface area (TPSA) is 66.2 Å². The van der Waals surface area contributed by atoms with Crippen molar-refractivity contribution in [3.05, 3.63) is 46.9 Å². The van der Waals surface area contributed by atoms with E-state index < -0.39 is 0 Å². The Bertz CT molecular complexity index is 982. The van der Waals surface area contributed by atoms with Gasteiger partial charge in [-0.1, -0.05) is 6.07 Å². The highest BCUT2D eigenvalue weighted by atomic mass is 19.1. The van der Waals surface area contributed by atoms with E-state index >= 15 is 0 Å². The first-order valence-corrected chi connectivity index (χ1v) is 8.21. The van der Waals surface area contributed by atoms with Gasteiger partial charge in [0, 0.05) is 17.4 Å². The molecule has 0 bridgehead atoms. The number of hydrogen-bond donors (Lipinski definition) is 0. The van der Waals surface area contributed by atoms with Crippen molar-refractivity contribution in [2.24, 2.45) is 0 Å². The lowest BCUT2D eigenvalue weighted by Gasteiger charge is -2.12. The summed E-state index contributed by atoms with van der Waals surface area (Å²) in [6, 6.07) is 6.18. The Labute approximate surface area is 150 Å². The van der Waals surface area contributed by atoms with Crippen molar-refractivity contribution in [3.63, 3.8) is 0 Å². The number of carbonyl (C=O) groups is 1. The van der Waals surface area contributed by atoms with Crippen LogP contribution in [0.25, 0.3) is 16.7 Å². The van der Waals surface area contributed by atoms with Gasteiger partial charge in [-0.15, -0.1) is 0 Å². The molecule has 0 amide bonds. The zero-order chi connectivity index (χ0) is 18.8. The molecule has 3 rings (SSSR count). The molecule has 6 nitrogen and oxygen atoms in total. The first-order chi connectivity index (χ1) is 12.5. The molecule has 0 saturated carbocycles. The summed E-state index contributed by atoms with van der Waals surface area (Å²) in [5.41, 5.74) is 3.73. The second-order valence-corrected chi connectivity index (χ2v) is 5.98. The van der Waals surface area contributed by atoms with Crippen LogP contribution >= 0.6 is 0 Å². The molecular weight excluding hydrogens is 337 g/mol. The molecule has 0 aliphatic rings. The van der Waals surface area contributed by atoms with Crippen LogP contribution in [0.1, 0.15) is 23.2 Å². The quantitative estimate of drug-likeness (QED) is 0.656. The Balaban J connectivity index is 2.18. The van der Waals surface area contributed by atoms with E-state index in [0.29, 0.717) is 23.6 Å². The lowest BCUT2D eigenvalue weighted by molar-refractivity contribution is -0.140. The summed E-state index contributed by atoms with van der Waals surface area (Å²) in [4.78, 5) is 16.1. The molecule has 0 spiro atoms. The molecular formula is C19H20FN3O3. The molecule has 136 valence electrons. The van der Waals surface area contributed by atoms with E-state index in [1.54, 1.807) is 16.8 Å². The van der Waals surface area contributed by atoms with Crippen molar-refractivity contribution in [3.8, 4) is 11.6 Å². The third-order valence-corrected chi connectivity index (χ3v) is 4.38. The minimum Gasteiger partial charge on any atom is -0.481 e. The van der Waals surface area contributed by atoms with Crippen LogP contribution in [0.3, 0.4) is 0 Å². The predicted molar refractivity (Wildman–Crippen MR) is 95.2 cm³/mol. The van der Waals surface area contributed by atoms with Crippen molar-refractivity contribution >= 4 is 17.0 Å². The van der Waals surface area contributed by atoms with Gasteiger partial charge in [-0.05, 0) is 44.0 Å². The summed E-state index contributed by atoms with van der Waals surface area (Å²) in [6.45, 7) is 3.83. The Morgan fingerprint density at radius 3 is 2.69 bits per heavy atom. The third kappa shape index (κ3) is 3.12. The van der Waals surface area contributed by atoms with Gasteiger partial charge in [0.2, 0.25) is 5.88 Å². The van der Waals surface area contributed by atoms with E-state index in [9.17, 15) is 9.18 Å². The molecule has 0 radical (unpaired) electrons. The van der Waals surface area contributed by atoms with Crippen LogP contribution in [-0.2, 0) is 16.0 Å². The molecule has 1 aromatic carbocycles. The van der Waals surface area contributed by atoms with Gasteiger partial charge >= 0.3 is 5.97 Å². The lowest BCUT2D eigenvalue weighted by atomic mass is 10.0. The minimum absolute atomic E-state index is 0.234. The summed E-state index contributed by atoms with van der Waals surface area (Å²) in [7, 11) is 2.89. The highest BCUT2D eigenvalue weighted by molar-refractivity contribution is 5.85. The number of esters is 1. The smallest absolute Gasteiger partial charge is 0.305 e. The molecule has 26 heavy (non-hydrogen) atoms. The van der Waals surface area contributed by atoms with E-state index in [0.717, 1.165) is 22.2 Å². The molecule has 0 fully saturated rings. The maximum atomic E-state index is 13.6. The second kappa shape index (κ2) is 7.11. The fourth-order valence-corrected chi connectivity index (χ4v) is 3.11. The van der Waals surface area contributed by atoms with Crippen molar-refractivity contribution < 1.29 is 18.7 Å². The summed E-state index contributed by atoms with van der Waals surface area (Å²) in [5, 5.41) is 5.40. The van der Waals surface area contributed by atoms with E-state index in [1.165, 1.54) is 26.4 Å². The average Bonchev–Trinajstić information content (AvgIpc) is 2.97. The van der Waals surface area contributed by atoms with Crippen LogP contribution < -0.4 is 4.74 Å². The summed E-state index contributed by atoms with van der Waals surface area (Å²) >= 11 is 0. The molecule has 0 unspecified atom stereocenters. The Kier molecular flexibility index (Phi) is 4.88. The molecule has 0 atom stereocenters. The lowest BCUT2D eigenvalue weighted by Crippen LogP contribution is -2.06. The summed E-state index contributed by atoms with van der Waals surface area (Å²) in [6.07, 6.45) is 0.688. The number of nitrogens with zero attached hydrogens (tertiary/aromatic N) is 3. The number of carbonyl (C=O) groups excluding carboxylic acids is 1. The Morgan fingerprint density at radius 2 is 2.04 bits per heavy atom. The number of pyridine rings is 1. The largest absolute Gasteiger partial charge is 0.481 e. The third-order valence-electron chi connectivity index (χ3n) is 4.38. The van der Waals surface area contributed by atoms with E-state index in [2.05, 4.69) is 10.1 Å². The Morgan fingerprint density at radius 1 is 1.27 bits per heavy atom. The van der Waals surface area contributed by atoms with Gasteiger partial charge in [0.1, 0.15) is 5.82 Å². The number of benzene rings is 1. The van der Waals surface area contributed by atoms with Gasteiger partial charge in [0.25, 0.3) is 0 Å². The molecule has 3 aromatic rings. The number of rotatable bonds is 5. The SMILES string of the molecule is COC(=O)CCc1c(OC)nc2c(c(C)nn2-c2cccc(F)c2)c1C. The van der Waals surface area contributed by atoms with E-state index in [1.807, 2.05) is 13.8 Å². The van der Waals surface area contributed by atoms with Crippen molar-refractivity contribution in [1.29, 1.82) is 0 Å². The number of aromatic nitrogens is 3. The number of aryl methyl sites for hydroxylation is 2. The first kappa shape index (κ1) is 17.8. The van der Waals surface area contributed by atoms with Crippen molar-refractivity contribution in [1.82, 2.24) is 14.8 Å². The molecule has 7 heteroatoms. The highest BCUT2D eigenvalue weighted by Gasteiger charge is 2.20. The van der Waals surface area contributed by atoms with Crippen LogP contribution in [-0.4, -0.2) is 35.0 Å².